The maximum Gasteiger partial charge on any atom is 0.160 e. The van der Waals surface area contributed by atoms with Crippen LogP contribution in [0.5, 0.6) is 0 Å². The van der Waals surface area contributed by atoms with Crippen LogP contribution in [0.4, 0.5) is 15.8 Å². The van der Waals surface area contributed by atoms with E-state index in [1.165, 1.54) is 12.1 Å². The second-order valence-corrected chi connectivity index (χ2v) is 4.90. The number of hydrogen-bond donors (Lipinski definition) is 1. The summed E-state index contributed by atoms with van der Waals surface area (Å²) >= 11 is 14.7. The average Bonchev–Trinajstić information content (AvgIpc) is 2.29. The first-order valence-electron chi connectivity index (χ1n) is 4.59. The Balaban J connectivity index is 2.34. The highest BCUT2D eigenvalue weighted by atomic mass is 79.9. The van der Waals surface area contributed by atoms with E-state index < -0.39 is 5.82 Å². The number of nitrogens with one attached hydrogen (secondary N) is 1. The van der Waals surface area contributed by atoms with Gasteiger partial charge in [-0.25, -0.2) is 4.39 Å². The molecule has 1 N–H and O–H groups in total. The maximum absolute atomic E-state index is 13.2. The zero-order valence-electron chi connectivity index (χ0n) is 8.35. The fourth-order valence-electron chi connectivity index (χ4n) is 1.26. The first-order chi connectivity index (χ1) is 8.08. The molecule has 2 rings (SSSR count). The molecule has 0 radical (unpaired) electrons. The minimum absolute atomic E-state index is 0.0230. The molecule has 2 nitrogen and oxygen atoms in total. The molecule has 0 unspecified atom stereocenters. The van der Waals surface area contributed by atoms with Crippen LogP contribution >= 0.6 is 39.1 Å². The average molecular weight is 336 g/mol. The summed E-state index contributed by atoms with van der Waals surface area (Å²) < 4.78 is 14.0. The van der Waals surface area contributed by atoms with E-state index in [0.717, 1.165) is 10.2 Å². The molecule has 1 heterocycles. The van der Waals surface area contributed by atoms with Gasteiger partial charge in [-0.2, -0.15) is 0 Å². The second-order valence-electron chi connectivity index (χ2n) is 3.23. The molecular formula is C11H6BrCl2FN2. The van der Waals surface area contributed by atoms with Gasteiger partial charge in [0.2, 0.25) is 0 Å². The summed E-state index contributed by atoms with van der Waals surface area (Å²) in [6, 6.07) is 4.71. The van der Waals surface area contributed by atoms with Crippen molar-refractivity contribution < 1.29 is 4.39 Å². The Bertz CT molecular complexity index is 540. The Morgan fingerprint density at radius 1 is 1.24 bits per heavy atom. The number of anilines is 2. The summed E-state index contributed by atoms with van der Waals surface area (Å²) in [4.78, 5) is 3.94. The molecule has 1 aromatic heterocycles. The van der Waals surface area contributed by atoms with Gasteiger partial charge in [-0.1, -0.05) is 23.2 Å². The van der Waals surface area contributed by atoms with E-state index in [4.69, 9.17) is 23.2 Å². The number of benzene rings is 1. The van der Waals surface area contributed by atoms with Crippen LogP contribution in [0.1, 0.15) is 0 Å². The molecule has 1 aromatic carbocycles. The van der Waals surface area contributed by atoms with Crippen LogP contribution in [-0.4, -0.2) is 4.98 Å². The van der Waals surface area contributed by atoms with Crippen molar-refractivity contribution >= 4 is 50.5 Å². The van der Waals surface area contributed by atoms with Crippen molar-refractivity contribution in [2.75, 3.05) is 5.32 Å². The van der Waals surface area contributed by atoms with Crippen LogP contribution in [0, 0.1) is 5.82 Å². The number of halogens is 4. The Labute approximate surface area is 116 Å². The second kappa shape index (κ2) is 5.21. The van der Waals surface area contributed by atoms with Crippen LogP contribution in [0.2, 0.25) is 10.0 Å². The Morgan fingerprint density at radius 2 is 1.88 bits per heavy atom. The standard InChI is InChI=1S/C11H6BrCl2FN2/c12-7-5-16-2-1-10(7)17-6-3-8(13)11(15)9(14)4-6/h1-5H,(H,16,17). The quantitative estimate of drug-likeness (QED) is 0.778. The minimum atomic E-state index is -0.618. The van der Waals surface area contributed by atoms with E-state index >= 15 is 0 Å². The largest absolute Gasteiger partial charge is 0.354 e. The third-order valence-corrected chi connectivity index (χ3v) is 3.22. The zero-order chi connectivity index (χ0) is 12.4. The third-order valence-electron chi connectivity index (χ3n) is 2.04. The summed E-state index contributed by atoms with van der Waals surface area (Å²) in [7, 11) is 0. The predicted octanol–water partition coefficient (Wildman–Crippen LogP) is 5.03. The van der Waals surface area contributed by atoms with Gasteiger partial charge in [0.05, 0.1) is 20.2 Å². The minimum Gasteiger partial charge on any atom is -0.354 e. The summed E-state index contributed by atoms with van der Waals surface area (Å²) in [6.45, 7) is 0. The number of nitrogens with zero attached hydrogens (tertiary/aromatic N) is 1. The van der Waals surface area contributed by atoms with E-state index in [1.54, 1.807) is 18.5 Å². The molecule has 0 bridgehead atoms. The summed E-state index contributed by atoms with van der Waals surface area (Å²) in [5.41, 5.74) is 1.40. The van der Waals surface area contributed by atoms with Crippen LogP contribution < -0.4 is 5.32 Å². The summed E-state index contributed by atoms with van der Waals surface area (Å²) in [5.74, 6) is -0.618. The van der Waals surface area contributed by atoms with Gasteiger partial charge in [-0.05, 0) is 34.1 Å². The number of pyridine rings is 1. The molecule has 17 heavy (non-hydrogen) atoms. The van der Waals surface area contributed by atoms with Gasteiger partial charge in [0.25, 0.3) is 0 Å². The first-order valence-corrected chi connectivity index (χ1v) is 6.14. The van der Waals surface area contributed by atoms with Crippen molar-refractivity contribution in [3.63, 3.8) is 0 Å². The van der Waals surface area contributed by atoms with Crippen LogP contribution in [0.15, 0.2) is 35.1 Å². The van der Waals surface area contributed by atoms with Crippen molar-refractivity contribution in [3.8, 4) is 0 Å². The van der Waals surface area contributed by atoms with Crippen molar-refractivity contribution in [1.82, 2.24) is 4.98 Å². The molecule has 0 spiro atoms. The van der Waals surface area contributed by atoms with E-state index in [-0.39, 0.29) is 10.0 Å². The molecule has 2 aromatic rings. The van der Waals surface area contributed by atoms with Crippen LogP contribution in [-0.2, 0) is 0 Å². The fourth-order valence-corrected chi connectivity index (χ4v) is 2.10. The molecule has 88 valence electrons. The molecular weight excluding hydrogens is 330 g/mol. The predicted molar refractivity (Wildman–Crippen MR) is 71.6 cm³/mol. The molecule has 6 heteroatoms. The van der Waals surface area contributed by atoms with Crippen molar-refractivity contribution in [3.05, 3.63) is 50.9 Å². The van der Waals surface area contributed by atoms with E-state index in [9.17, 15) is 4.39 Å². The molecule has 0 atom stereocenters. The lowest BCUT2D eigenvalue weighted by molar-refractivity contribution is 0.629. The van der Waals surface area contributed by atoms with Gasteiger partial charge < -0.3 is 5.32 Å². The van der Waals surface area contributed by atoms with Crippen molar-refractivity contribution in [2.24, 2.45) is 0 Å². The molecule has 0 saturated carbocycles. The SMILES string of the molecule is Fc1c(Cl)cc(Nc2ccncc2Br)cc1Cl. The Hall–Kier alpha value is -0.840. The topological polar surface area (TPSA) is 24.9 Å². The lowest BCUT2D eigenvalue weighted by Crippen LogP contribution is -1.93. The van der Waals surface area contributed by atoms with Crippen LogP contribution in [0.25, 0.3) is 0 Å². The number of aromatic nitrogens is 1. The van der Waals surface area contributed by atoms with Gasteiger partial charge in [-0.3, -0.25) is 4.98 Å². The third kappa shape index (κ3) is 2.89. The lowest BCUT2D eigenvalue weighted by Gasteiger charge is -2.09. The van der Waals surface area contributed by atoms with Gasteiger partial charge in [0.15, 0.2) is 5.82 Å². The fraction of sp³-hybridized carbons (Fsp3) is 0. The summed E-state index contributed by atoms with van der Waals surface area (Å²) in [5, 5.41) is 3.01. The summed E-state index contributed by atoms with van der Waals surface area (Å²) in [6.07, 6.45) is 3.29. The molecule has 0 aliphatic heterocycles. The Morgan fingerprint density at radius 3 is 2.47 bits per heavy atom. The monoisotopic (exact) mass is 334 g/mol. The lowest BCUT2D eigenvalue weighted by atomic mass is 10.3. The molecule has 0 aliphatic rings. The highest BCUT2D eigenvalue weighted by Gasteiger charge is 2.08. The number of hydrogen-bond acceptors (Lipinski definition) is 2. The molecule has 0 saturated heterocycles. The highest BCUT2D eigenvalue weighted by molar-refractivity contribution is 9.10. The van der Waals surface area contributed by atoms with E-state index in [2.05, 4.69) is 26.2 Å². The van der Waals surface area contributed by atoms with Gasteiger partial charge >= 0.3 is 0 Å². The molecule has 0 fully saturated rings. The highest BCUT2D eigenvalue weighted by Crippen LogP contribution is 2.30. The smallest absolute Gasteiger partial charge is 0.160 e. The number of rotatable bonds is 2. The van der Waals surface area contributed by atoms with Crippen LogP contribution in [0.3, 0.4) is 0 Å². The van der Waals surface area contributed by atoms with Gasteiger partial charge in [0.1, 0.15) is 0 Å². The Kier molecular flexibility index (Phi) is 3.86. The van der Waals surface area contributed by atoms with Gasteiger partial charge in [0, 0.05) is 18.1 Å². The van der Waals surface area contributed by atoms with E-state index in [0.29, 0.717) is 5.69 Å². The molecule has 0 amide bonds. The first kappa shape index (κ1) is 12.6. The maximum atomic E-state index is 13.2. The van der Waals surface area contributed by atoms with Crippen molar-refractivity contribution in [2.45, 2.75) is 0 Å². The normalized spacial score (nSPS) is 10.4. The molecule has 0 aliphatic carbocycles. The van der Waals surface area contributed by atoms with Crippen molar-refractivity contribution in [1.29, 1.82) is 0 Å². The van der Waals surface area contributed by atoms with E-state index in [1.807, 2.05) is 0 Å². The zero-order valence-corrected chi connectivity index (χ0v) is 11.4. The van der Waals surface area contributed by atoms with Gasteiger partial charge in [-0.15, -0.1) is 0 Å².